The van der Waals surface area contributed by atoms with Gasteiger partial charge in [-0.25, -0.2) is 0 Å². The number of anilines is 6. The second-order valence-corrected chi connectivity index (χ2v) is 19.3. The van der Waals surface area contributed by atoms with Crippen LogP contribution in [-0.2, 0) is 5.41 Å². The summed E-state index contributed by atoms with van der Waals surface area (Å²) in [5.74, 6) is 0. The van der Waals surface area contributed by atoms with E-state index in [2.05, 4.69) is 304 Å². The number of aryl methyl sites for hydroxylation is 1. The van der Waals surface area contributed by atoms with Crippen molar-refractivity contribution < 1.29 is 0 Å². The van der Waals surface area contributed by atoms with Crippen molar-refractivity contribution in [3.05, 3.63) is 290 Å². The summed E-state index contributed by atoms with van der Waals surface area (Å²) in [6.07, 6.45) is 0. The van der Waals surface area contributed by atoms with Crippen LogP contribution in [0.15, 0.2) is 273 Å². The number of fused-ring (bicyclic) bond motifs is 3. The Morgan fingerprint density at radius 2 is 0.653 bits per heavy atom. The molecule has 72 heavy (non-hydrogen) atoms. The molecule has 11 aromatic carbocycles. The zero-order valence-corrected chi connectivity index (χ0v) is 40.9. The first-order chi connectivity index (χ1) is 35.4. The van der Waals surface area contributed by atoms with Gasteiger partial charge in [-0.15, -0.1) is 0 Å². The predicted molar refractivity (Wildman–Crippen MR) is 305 cm³/mol. The monoisotopic (exact) mass is 922 g/mol. The van der Waals surface area contributed by atoms with E-state index in [0.29, 0.717) is 0 Å². The van der Waals surface area contributed by atoms with Crippen LogP contribution in [0.5, 0.6) is 0 Å². The van der Waals surface area contributed by atoms with Crippen molar-refractivity contribution in [2.45, 2.75) is 26.2 Å². The van der Waals surface area contributed by atoms with E-state index in [9.17, 15) is 0 Å². The lowest BCUT2D eigenvalue weighted by atomic mass is 9.82. The Kier molecular flexibility index (Phi) is 11.5. The molecular weight excluding hydrogens is 869 g/mol. The van der Waals surface area contributed by atoms with Gasteiger partial charge in [-0.3, -0.25) is 0 Å². The molecule has 0 unspecified atom stereocenters. The molecule has 0 saturated carbocycles. The second kappa shape index (κ2) is 18.7. The quantitative estimate of drug-likeness (QED) is 0.128. The molecule has 0 saturated heterocycles. The maximum Gasteiger partial charge on any atom is 0.0540 e. The molecule has 0 fully saturated rings. The number of hydrogen-bond donors (Lipinski definition) is 0. The van der Waals surface area contributed by atoms with Gasteiger partial charge >= 0.3 is 0 Å². The minimum Gasteiger partial charge on any atom is -0.311 e. The van der Waals surface area contributed by atoms with Crippen molar-refractivity contribution >= 4 is 34.1 Å². The molecule has 0 radical (unpaired) electrons. The van der Waals surface area contributed by atoms with Gasteiger partial charge in [0.05, 0.1) is 5.69 Å². The van der Waals surface area contributed by atoms with E-state index in [0.717, 1.165) is 45.3 Å². The van der Waals surface area contributed by atoms with Gasteiger partial charge in [-0.2, -0.15) is 0 Å². The first kappa shape index (κ1) is 44.2. The van der Waals surface area contributed by atoms with Crippen molar-refractivity contribution in [3.8, 4) is 66.8 Å². The van der Waals surface area contributed by atoms with E-state index in [1.165, 1.54) is 72.3 Å². The van der Waals surface area contributed by atoms with Crippen LogP contribution in [0.25, 0.3) is 66.8 Å². The van der Waals surface area contributed by atoms with Crippen LogP contribution in [0.2, 0.25) is 0 Å². The summed E-state index contributed by atoms with van der Waals surface area (Å²) in [4.78, 5) is 4.77. The largest absolute Gasteiger partial charge is 0.311 e. The summed E-state index contributed by atoms with van der Waals surface area (Å²) >= 11 is 0. The molecule has 0 amide bonds. The van der Waals surface area contributed by atoms with Crippen molar-refractivity contribution in [1.82, 2.24) is 0 Å². The SMILES string of the molecule is Cc1cccc2c1-c1ccc(N(c3ccc(-c4cc(-c5ccccc5)c(-c5ccc(N(c6ccccc6)c6ccccc6)cc5)cc4-c4ccccc4)cc3)c3ccccc3-c3ccccc3)cc1C2(C)C. The van der Waals surface area contributed by atoms with Gasteiger partial charge in [0.1, 0.15) is 0 Å². The molecule has 0 spiro atoms. The van der Waals surface area contributed by atoms with Crippen molar-refractivity contribution in [2.24, 2.45) is 0 Å². The third-order valence-electron chi connectivity index (χ3n) is 14.6. The molecule has 11 aromatic rings. The molecule has 0 bridgehead atoms. The summed E-state index contributed by atoms with van der Waals surface area (Å²) in [5.41, 5.74) is 25.0. The fourth-order valence-corrected chi connectivity index (χ4v) is 11.0. The normalized spacial score (nSPS) is 12.2. The van der Waals surface area contributed by atoms with E-state index in [-0.39, 0.29) is 5.41 Å². The molecular formula is C70H54N2. The van der Waals surface area contributed by atoms with E-state index < -0.39 is 0 Å². The average Bonchev–Trinajstić information content (AvgIpc) is 3.68. The Labute approximate surface area is 424 Å². The molecule has 12 rings (SSSR count). The van der Waals surface area contributed by atoms with Crippen LogP contribution < -0.4 is 9.80 Å². The maximum atomic E-state index is 2.45. The van der Waals surface area contributed by atoms with Gasteiger partial charge < -0.3 is 9.80 Å². The van der Waals surface area contributed by atoms with Gasteiger partial charge in [-0.1, -0.05) is 208 Å². The summed E-state index contributed by atoms with van der Waals surface area (Å²) in [6.45, 7) is 6.99. The van der Waals surface area contributed by atoms with Gasteiger partial charge in [0.15, 0.2) is 0 Å². The van der Waals surface area contributed by atoms with Crippen molar-refractivity contribution in [1.29, 1.82) is 0 Å². The summed E-state index contributed by atoms with van der Waals surface area (Å²) < 4.78 is 0. The fourth-order valence-electron chi connectivity index (χ4n) is 11.0. The molecule has 2 nitrogen and oxygen atoms in total. The number of hydrogen-bond acceptors (Lipinski definition) is 2. The summed E-state index contributed by atoms with van der Waals surface area (Å²) in [7, 11) is 0. The number of benzene rings is 11. The first-order valence-corrected chi connectivity index (χ1v) is 25.0. The number of rotatable bonds is 11. The lowest BCUT2D eigenvalue weighted by molar-refractivity contribution is 0.660. The maximum absolute atomic E-state index is 2.45. The highest BCUT2D eigenvalue weighted by Crippen LogP contribution is 2.53. The van der Waals surface area contributed by atoms with Crippen LogP contribution in [-0.4, -0.2) is 0 Å². The minimum absolute atomic E-state index is 0.148. The van der Waals surface area contributed by atoms with Gasteiger partial charge in [0.25, 0.3) is 0 Å². The van der Waals surface area contributed by atoms with E-state index in [1.54, 1.807) is 0 Å². The lowest BCUT2D eigenvalue weighted by Crippen LogP contribution is -2.17. The van der Waals surface area contributed by atoms with Crippen molar-refractivity contribution in [3.63, 3.8) is 0 Å². The lowest BCUT2D eigenvalue weighted by Gasteiger charge is -2.30. The van der Waals surface area contributed by atoms with E-state index in [1.807, 2.05) is 0 Å². The Morgan fingerprint density at radius 3 is 1.15 bits per heavy atom. The Morgan fingerprint density at radius 1 is 0.264 bits per heavy atom. The third kappa shape index (κ3) is 8.07. The molecule has 0 atom stereocenters. The third-order valence-corrected chi connectivity index (χ3v) is 14.6. The van der Waals surface area contributed by atoms with E-state index >= 15 is 0 Å². The first-order valence-electron chi connectivity index (χ1n) is 25.0. The second-order valence-electron chi connectivity index (χ2n) is 19.3. The highest BCUT2D eigenvalue weighted by molar-refractivity contribution is 5.97. The van der Waals surface area contributed by atoms with Gasteiger partial charge in [-0.05, 0) is 164 Å². The zero-order chi connectivity index (χ0) is 48.6. The molecule has 0 N–H and O–H groups in total. The zero-order valence-electron chi connectivity index (χ0n) is 40.9. The molecule has 344 valence electrons. The van der Waals surface area contributed by atoms with Crippen LogP contribution in [0.4, 0.5) is 34.1 Å². The molecule has 1 aliphatic rings. The van der Waals surface area contributed by atoms with Crippen LogP contribution in [0.1, 0.15) is 30.5 Å². The predicted octanol–water partition coefficient (Wildman–Crippen LogP) is 19.6. The van der Waals surface area contributed by atoms with Gasteiger partial charge in [0, 0.05) is 39.4 Å². The van der Waals surface area contributed by atoms with Gasteiger partial charge in [0.2, 0.25) is 0 Å². The van der Waals surface area contributed by atoms with Crippen LogP contribution >= 0.6 is 0 Å². The average molecular weight is 923 g/mol. The molecule has 0 aromatic heterocycles. The fraction of sp³-hybridized carbons (Fsp3) is 0.0571. The smallest absolute Gasteiger partial charge is 0.0540 e. The highest BCUT2D eigenvalue weighted by atomic mass is 15.1. The Hall–Kier alpha value is -8.98. The number of nitrogens with zero attached hydrogens (tertiary/aromatic N) is 2. The topological polar surface area (TPSA) is 6.48 Å². The number of para-hydroxylation sites is 3. The standard InChI is InChI=1S/C70H54N2/c1-49-22-21-34-66-69(49)61-45-44-59(46-67(61)70(66,2)3)72(68-35-20-19-33-60(68)50-23-9-4-10-24-50)58-42-38-54(39-43-58)65-48-62(51-25-11-5-12-26-51)64(47-63(65)52-27-13-6-14-28-52)53-36-40-57(41-37-53)71(55-29-15-7-16-30-55)56-31-17-8-18-32-56/h4-48H,1-3H3. The molecule has 0 aliphatic heterocycles. The van der Waals surface area contributed by atoms with Crippen molar-refractivity contribution in [2.75, 3.05) is 9.80 Å². The summed E-state index contributed by atoms with van der Waals surface area (Å²) in [5, 5.41) is 0. The molecule has 2 heteroatoms. The summed E-state index contributed by atoms with van der Waals surface area (Å²) in [6, 6.07) is 99.5. The minimum atomic E-state index is -0.148. The van der Waals surface area contributed by atoms with E-state index in [4.69, 9.17) is 0 Å². The molecule has 1 aliphatic carbocycles. The molecule has 0 heterocycles. The van der Waals surface area contributed by atoms with Crippen LogP contribution in [0, 0.1) is 6.92 Å². The Balaban J connectivity index is 1.00. The Bertz CT molecular complexity index is 3640. The highest BCUT2D eigenvalue weighted by Gasteiger charge is 2.37. The van der Waals surface area contributed by atoms with Crippen LogP contribution in [0.3, 0.4) is 0 Å².